The molecule has 0 bridgehead atoms. The Kier molecular flexibility index (Phi) is 7.86. The minimum atomic E-state index is -3.77. The van der Waals surface area contributed by atoms with Crippen molar-refractivity contribution in [2.75, 3.05) is 13.1 Å². The van der Waals surface area contributed by atoms with Crippen LogP contribution in [0.1, 0.15) is 42.6 Å². The summed E-state index contributed by atoms with van der Waals surface area (Å²) in [5.74, 6) is -1.09. The van der Waals surface area contributed by atoms with Crippen molar-refractivity contribution in [2.45, 2.75) is 50.6 Å². The number of benzene rings is 2. The van der Waals surface area contributed by atoms with E-state index in [4.69, 9.17) is 0 Å². The van der Waals surface area contributed by atoms with Gasteiger partial charge >= 0.3 is 0 Å². The number of sulfonamides is 1. The average Bonchev–Trinajstić information content (AvgIpc) is 2.77. The van der Waals surface area contributed by atoms with Gasteiger partial charge in [-0.05, 0) is 62.1 Å². The molecule has 0 saturated carbocycles. The van der Waals surface area contributed by atoms with Crippen molar-refractivity contribution in [1.82, 2.24) is 14.9 Å². The first-order chi connectivity index (χ1) is 15.6. The van der Waals surface area contributed by atoms with Crippen LogP contribution < -0.4 is 10.0 Å². The molecule has 33 heavy (non-hydrogen) atoms. The molecule has 9 heteroatoms. The molecule has 7 nitrogen and oxygen atoms in total. The third-order valence-corrected chi connectivity index (χ3v) is 7.32. The number of amides is 2. The summed E-state index contributed by atoms with van der Waals surface area (Å²) in [6.07, 6.45) is 0.895. The van der Waals surface area contributed by atoms with Crippen LogP contribution in [0.3, 0.4) is 0 Å². The summed E-state index contributed by atoms with van der Waals surface area (Å²) in [6, 6.07) is 10.8. The van der Waals surface area contributed by atoms with Crippen LogP contribution in [-0.4, -0.2) is 50.3 Å². The summed E-state index contributed by atoms with van der Waals surface area (Å²) >= 11 is 0. The van der Waals surface area contributed by atoms with Crippen molar-refractivity contribution in [3.63, 3.8) is 0 Å². The first-order valence-corrected chi connectivity index (χ1v) is 12.5. The summed E-state index contributed by atoms with van der Waals surface area (Å²) < 4.78 is 40.8. The van der Waals surface area contributed by atoms with E-state index in [0.717, 1.165) is 17.7 Å². The highest BCUT2D eigenvalue weighted by Gasteiger charge is 2.32. The van der Waals surface area contributed by atoms with Crippen LogP contribution in [0.4, 0.5) is 4.39 Å². The molecule has 1 heterocycles. The number of carbonyl (C=O) groups excluding carboxylic acids is 2. The van der Waals surface area contributed by atoms with E-state index < -0.39 is 21.9 Å². The fourth-order valence-corrected chi connectivity index (χ4v) is 5.06. The summed E-state index contributed by atoms with van der Waals surface area (Å²) in [6.45, 7) is 6.44. The normalized spacial score (nSPS) is 16.0. The highest BCUT2D eigenvalue weighted by atomic mass is 32.2. The van der Waals surface area contributed by atoms with E-state index in [2.05, 4.69) is 10.0 Å². The van der Waals surface area contributed by atoms with Crippen molar-refractivity contribution in [2.24, 2.45) is 5.92 Å². The maximum atomic E-state index is 13.1. The van der Waals surface area contributed by atoms with Gasteiger partial charge in [0.05, 0.1) is 4.90 Å². The Labute approximate surface area is 194 Å². The lowest BCUT2D eigenvalue weighted by atomic mass is 9.99. The standard InChI is InChI=1S/C24H30FN3O4S/c1-16(2)22(26-23(29)18-6-4-17(3)5-7-18)24(30)28-14-12-20(13-15-28)27-33(31,32)21-10-8-19(25)9-11-21/h4-11,16,20,22,27H,12-15H2,1-3H3,(H,26,29). The van der Waals surface area contributed by atoms with Gasteiger partial charge in [-0.25, -0.2) is 17.5 Å². The molecule has 0 aliphatic carbocycles. The number of nitrogens with zero attached hydrogens (tertiary/aromatic N) is 1. The minimum Gasteiger partial charge on any atom is -0.341 e. The number of rotatable bonds is 7. The molecule has 2 N–H and O–H groups in total. The molecule has 1 aliphatic rings. The van der Waals surface area contributed by atoms with Gasteiger partial charge in [0, 0.05) is 24.7 Å². The monoisotopic (exact) mass is 475 g/mol. The zero-order chi connectivity index (χ0) is 24.2. The van der Waals surface area contributed by atoms with Gasteiger partial charge in [-0.3, -0.25) is 9.59 Å². The Morgan fingerprint density at radius 1 is 1.00 bits per heavy atom. The van der Waals surface area contributed by atoms with E-state index in [1.54, 1.807) is 17.0 Å². The Morgan fingerprint density at radius 2 is 1.58 bits per heavy atom. The smallest absolute Gasteiger partial charge is 0.251 e. The number of hydrogen-bond acceptors (Lipinski definition) is 4. The summed E-state index contributed by atoms with van der Waals surface area (Å²) in [5.41, 5.74) is 1.54. The maximum absolute atomic E-state index is 13.1. The van der Waals surface area contributed by atoms with Gasteiger partial charge in [0.25, 0.3) is 5.91 Å². The van der Waals surface area contributed by atoms with E-state index >= 15 is 0 Å². The fraction of sp³-hybridized carbons (Fsp3) is 0.417. The van der Waals surface area contributed by atoms with Crippen LogP contribution in [0.5, 0.6) is 0 Å². The summed E-state index contributed by atoms with van der Waals surface area (Å²) in [5, 5.41) is 2.85. The molecule has 1 aliphatic heterocycles. The van der Waals surface area contributed by atoms with E-state index in [-0.39, 0.29) is 28.7 Å². The Bertz CT molecular complexity index is 1080. The van der Waals surface area contributed by atoms with Gasteiger partial charge in [0.2, 0.25) is 15.9 Å². The van der Waals surface area contributed by atoms with Gasteiger partial charge in [-0.2, -0.15) is 0 Å². The predicted octanol–water partition coefficient (Wildman–Crippen LogP) is 2.86. The van der Waals surface area contributed by atoms with E-state index in [9.17, 15) is 22.4 Å². The van der Waals surface area contributed by atoms with Crippen molar-refractivity contribution >= 4 is 21.8 Å². The predicted molar refractivity (Wildman–Crippen MR) is 124 cm³/mol. The number of aryl methyl sites for hydroxylation is 1. The average molecular weight is 476 g/mol. The highest BCUT2D eigenvalue weighted by Crippen LogP contribution is 2.18. The van der Waals surface area contributed by atoms with E-state index in [1.165, 1.54) is 12.1 Å². The molecule has 1 atom stereocenters. The molecule has 3 rings (SSSR count). The number of nitrogens with one attached hydrogen (secondary N) is 2. The number of hydrogen-bond donors (Lipinski definition) is 2. The fourth-order valence-electron chi connectivity index (χ4n) is 3.76. The van der Waals surface area contributed by atoms with Crippen molar-refractivity contribution < 1.29 is 22.4 Å². The molecule has 178 valence electrons. The van der Waals surface area contributed by atoms with Crippen LogP contribution in [0.25, 0.3) is 0 Å². The second-order valence-corrected chi connectivity index (χ2v) is 10.4. The van der Waals surface area contributed by atoms with E-state index in [1.807, 2.05) is 32.9 Å². The minimum absolute atomic E-state index is 0.00101. The van der Waals surface area contributed by atoms with Crippen molar-refractivity contribution in [3.05, 3.63) is 65.5 Å². The lowest BCUT2D eigenvalue weighted by molar-refractivity contribution is -0.135. The molecule has 2 amide bonds. The number of halogens is 1. The Morgan fingerprint density at radius 3 is 2.12 bits per heavy atom. The lowest BCUT2D eigenvalue weighted by Gasteiger charge is -2.35. The van der Waals surface area contributed by atoms with Crippen LogP contribution >= 0.6 is 0 Å². The largest absolute Gasteiger partial charge is 0.341 e. The van der Waals surface area contributed by atoms with E-state index in [0.29, 0.717) is 31.5 Å². The topological polar surface area (TPSA) is 95.6 Å². The second-order valence-electron chi connectivity index (χ2n) is 8.74. The molecule has 1 unspecified atom stereocenters. The first-order valence-electron chi connectivity index (χ1n) is 11.0. The van der Waals surface area contributed by atoms with Crippen LogP contribution in [0.15, 0.2) is 53.4 Å². The highest BCUT2D eigenvalue weighted by molar-refractivity contribution is 7.89. The third kappa shape index (κ3) is 6.39. The SMILES string of the molecule is Cc1ccc(C(=O)NC(C(=O)N2CCC(NS(=O)(=O)c3ccc(F)cc3)CC2)C(C)C)cc1. The summed E-state index contributed by atoms with van der Waals surface area (Å²) in [4.78, 5) is 27.5. The van der Waals surface area contributed by atoms with Gasteiger partial charge in [0.15, 0.2) is 0 Å². The Hall–Kier alpha value is -2.78. The Balaban J connectivity index is 1.58. The van der Waals surface area contributed by atoms with Crippen molar-refractivity contribution in [1.29, 1.82) is 0 Å². The molecule has 1 fully saturated rings. The second kappa shape index (κ2) is 10.4. The summed E-state index contributed by atoms with van der Waals surface area (Å²) in [7, 11) is -3.77. The van der Waals surface area contributed by atoms with Crippen LogP contribution in [0, 0.1) is 18.7 Å². The van der Waals surface area contributed by atoms with Gasteiger partial charge < -0.3 is 10.2 Å². The zero-order valence-electron chi connectivity index (χ0n) is 19.0. The zero-order valence-corrected chi connectivity index (χ0v) is 19.9. The molecular weight excluding hydrogens is 445 g/mol. The molecular formula is C24H30FN3O4S. The molecule has 0 spiro atoms. The lowest BCUT2D eigenvalue weighted by Crippen LogP contribution is -2.54. The molecule has 0 radical (unpaired) electrons. The maximum Gasteiger partial charge on any atom is 0.251 e. The number of carbonyl (C=O) groups is 2. The molecule has 1 saturated heterocycles. The number of likely N-dealkylation sites (tertiary alicyclic amines) is 1. The van der Waals surface area contributed by atoms with Crippen LogP contribution in [0.2, 0.25) is 0 Å². The quantitative estimate of drug-likeness (QED) is 0.644. The third-order valence-electron chi connectivity index (χ3n) is 5.79. The number of piperidine rings is 1. The van der Waals surface area contributed by atoms with Gasteiger partial charge in [-0.1, -0.05) is 31.5 Å². The van der Waals surface area contributed by atoms with Crippen LogP contribution in [-0.2, 0) is 14.8 Å². The van der Waals surface area contributed by atoms with Crippen molar-refractivity contribution in [3.8, 4) is 0 Å². The molecule has 2 aromatic rings. The first kappa shape index (κ1) is 24.9. The molecule has 2 aromatic carbocycles. The van der Waals surface area contributed by atoms with Gasteiger partial charge in [-0.15, -0.1) is 0 Å². The van der Waals surface area contributed by atoms with Gasteiger partial charge in [0.1, 0.15) is 11.9 Å². The molecule has 0 aromatic heterocycles.